The Morgan fingerprint density at radius 3 is 1.41 bits per heavy atom. The van der Waals surface area contributed by atoms with Gasteiger partial charge in [-0.3, -0.25) is 4.57 Å². The first-order chi connectivity index (χ1) is 15.5. The van der Waals surface area contributed by atoms with Gasteiger partial charge in [-0.05, 0) is 63.2 Å². The molecule has 0 aromatic heterocycles. The third kappa shape index (κ3) is 9.42. The molecule has 0 aromatic carbocycles. The fourth-order valence-electron chi connectivity index (χ4n) is 5.51. The van der Waals surface area contributed by atoms with Crippen LogP contribution in [0.25, 0.3) is 0 Å². The Balaban J connectivity index is 3.07. The molecule has 1 aliphatic carbocycles. The Morgan fingerprint density at radius 2 is 1.00 bits per heavy atom. The van der Waals surface area contributed by atoms with E-state index in [0.29, 0.717) is 18.6 Å². The van der Waals surface area contributed by atoms with Crippen LogP contribution in [0.1, 0.15) is 157 Å². The number of hydrogen-bond acceptors (Lipinski definition) is 3. The molecule has 3 nitrogen and oxygen atoms in total. The summed E-state index contributed by atoms with van der Waals surface area (Å²) in [6, 6.07) is 0. The fraction of sp³-hybridized carbons (Fsp3) is 1.00. The van der Waals surface area contributed by atoms with Gasteiger partial charge in [0.15, 0.2) is 0 Å². The average Bonchev–Trinajstić information content (AvgIpc) is 2.79. The molecule has 1 fully saturated rings. The topological polar surface area (TPSA) is 35.5 Å². The predicted molar refractivity (Wildman–Crippen MR) is 141 cm³/mol. The van der Waals surface area contributed by atoms with E-state index in [2.05, 4.69) is 34.6 Å². The zero-order chi connectivity index (χ0) is 23.8. The molecular weight excluding hydrogens is 415 g/mol. The van der Waals surface area contributed by atoms with E-state index in [9.17, 15) is 4.57 Å². The van der Waals surface area contributed by atoms with Gasteiger partial charge >= 0.3 is 7.60 Å². The summed E-state index contributed by atoms with van der Waals surface area (Å²) >= 11 is 0. The summed E-state index contributed by atoms with van der Waals surface area (Å²) in [5.41, 5.74) is 0.456. The van der Waals surface area contributed by atoms with Gasteiger partial charge in [0, 0.05) is 0 Å². The minimum absolute atomic E-state index is 0.260. The van der Waals surface area contributed by atoms with Crippen LogP contribution in [-0.2, 0) is 13.6 Å². The fourth-order valence-corrected chi connectivity index (χ4v) is 8.07. The third-order valence-electron chi connectivity index (χ3n) is 7.96. The molecule has 1 saturated carbocycles. The Kier molecular flexibility index (Phi) is 15.8. The Morgan fingerprint density at radius 1 is 0.562 bits per heavy atom. The SMILES string of the molecule is CCCCCC1(CCCCC)CCC(CCCC)(P(=O)(OCCCC)OCCCC)CC1. The van der Waals surface area contributed by atoms with Crippen molar-refractivity contribution in [3.63, 3.8) is 0 Å². The molecule has 0 unspecified atom stereocenters. The van der Waals surface area contributed by atoms with Gasteiger partial charge in [0.2, 0.25) is 0 Å². The summed E-state index contributed by atoms with van der Waals surface area (Å²) in [6.45, 7) is 12.3. The van der Waals surface area contributed by atoms with Gasteiger partial charge in [-0.25, -0.2) is 0 Å². The maximum absolute atomic E-state index is 14.4. The van der Waals surface area contributed by atoms with Crippen LogP contribution < -0.4 is 0 Å². The molecule has 0 N–H and O–H groups in total. The number of rotatable bonds is 20. The summed E-state index contributed by atoms with van der Waals surface area (Å²) < 4.78 is 26.9. The lowest BCUT2D eigenvalue weighted by Crippen LogP contribution is -2.40. The Hall–Kier alpha value is 0.150. The second-order valence-electron chi connectivity index (χ2n) is 10.6. The highest BCUT2D eigenvalue weighted by molar-refractivity contribution is 7.55. The molecule has 32 heavy (non-hydrogen) atoms. The maximum atomic E-state index is 14.4. The van der Waals surface area contributed by atoms with Gasteiger partial charge in [0.1, 0.15) is 0 Å². The van der Waals surface area contributed by atoms with Crippen LogP contribution in [0.4, 0.5) is 0 Å². The first-order valence-electron chi connectivity index (χ1n) is 14.4. The van der Waals surface area contributed by atoms with Crippen molar-refractivity contribution in [2.45, 2.75) is 162 Å². The van der Waals surface area contributed by atoms with Crippen molar-refractivity contribution in [2.24, 2.45) is 5.41 Å². The van der Waals surface area contributed by atoms with E-state index in [1.165, 1.54) is 64.2 Å². The molecule has 0 aromatic rings. The van der Waals surface area contributed by atoms with E-state index in [4.69, 9.17) is 9.05 Å². The molecular formula is C28H57O3P. The third-order valence-corrected chi connectivity index (χ3v) is 10.8. The Labute approximate surface area is 201 Å². The highest BCUT2D eigenvalue weighted by Crippen LogP contribution is 2.69. The molecule has 1 rings (SSSR count). The smallest absolute Gasteiger partial charge is 0.308 e. The maximum Gasteiger partial charge on any atom is 0.336 e. The molecule has 0 amide bonds. The van der Waals surface area contributed by atoms with E-state index in [1.807, 2.05) is 0 Å². The molecule has 0 aliphatic heterocycles. The summed E-state index contributed by atoms with van der Waals surface area (Å²) in [5, 5.41) is -0.260. The average molecular weight is 473 g/mol. The standard InChI is InChI=1S/C28H57O3P/c1-6-11-16-18-27(19-17-12-7-2)21-23-28(24-22-27,20-13-8-3)32(29,30-25-14-9-4)31-26-15-10-5/h6-26H2,1-5H3. The van der Waals surface area contributed by atoms with Gasteiger partial charge in [-0.1, -0.05) is 98.8 Å². The lowest BCUT2D eigenvalue weighted by Gasteiger charge is -2.49. The van der Waals surface area contributed by atoms with Gasteiger partial charge in [-0.15, -0.1) is 0 Å². The Bertz CT molecular complexity index is 471. The van der Waals surface area contributed by atoms with Crippen molar-refractivity contribution in [3.05, 3.63) is 0 Å². The second-order valence-corrected chi connectivity index (χ2v) is 13.1. The predicted octanol–water partition coefficient (Wildman–Crippen LogP) is 10.5. The monoisotopic (exact) mass is 472 g/mol. The van der Waals surface area contributed by atoms with Crippen LogP contribution >= 0.6 is 7.60 Å². The van der Waals surface area contributed by atoms with Crippen molar-refractivity contribution in [1.29, 1.82) is 0 Å². The summed E-state index contributed by atoms with van der Waals surface area (Å²) in [6.07, 6.45) is 22.5. The van der Waals surface area contributed by atoms with Crippen LogP contribution in [0.5, 0.6) is 0 Å². The quantitative estimate of drug-likeness (QED) is 0.130. The van der Waals surface area contributed by atoms with E-state index in [0.717, 1.165) is 57.8 Å². The van der Waals surface area contributed by atoms with Crippen LogP contribution in [-0.4, -0.2) is 18.4 Å². The zero-order valence-corrected chi connectivity index (χ0v) is 23.4. The number of hydrogen-bond donors (Lipinski definition) is 0. The molecule has 0 heterocycles. The molecule has 4 heteroatoms. The second kappa shape index (κ2) is 16.7. The van der Waals surface area contributed by atoms with E-state index < -0.39 is 7.60 Å². The molecule has 0 radical (unpaired) electrons. The number of unbranched alkanes of at least 4 members (excludes halogenated alkanes) is 7. The van der Waals surface area contributed by atoms with Crippen molar-refractivity contribution in [1.82, 2.24) is 0 Å². The lowest BCUT2D eigenvalue weighted by atomic mass is 9.64. The van der Waals surface area contributed by atoms with Crippen molar-refractivity contribution >= 4 is 7.60 Å². The van der Waals surface area contributed by atoms with Crippen LogP contribution in [0, 0.1) is 5.41 Å². The van der Waals surface area contributed by atoms with E-state index in [-0.39, 0.29) is 5.16 Å². The lowest BCUT2D eigenvalue weighted by molar-refractivity contribution is 0.0956. The van der Waals surface area contributed by atoms with Crippen molar-refractivity contribution in [2.75, 3.05) is 13.2 Å². The largest absolute Gasteiger partial charge is 0.336 e. The molecule has 192 valence electrons. The molecule has 1 aliphatic rings. The zero-order valence-electron chi connectivity index (χ0n) is 22.5. The highest BCUT2D eigenvalue weighted by Gasteiger charge is 2.54. The van der Waals surface area contributed by atoms with Gasteiger partial charge < -0.3 is 9.05 Å². The summed E-state index contributed by atoms with van der Waals surface area (Å²) in [4.78, 5) is 0. The highest BCUT2D eigenvalue weighted by atomic mass is 31.2. The molecule has 0 spiro atoms. The van der Waals surface area contributed by atoms with Gasteiger partial charge in [0.05, 0.1) is 18.4 Å². The van der Waals surface area contributed by atoms with Gasteiger partial charge in [0.25, 0.3) is 0 Å². The molecule has 0 saturated heterocycles. The first kappa shape index (κ1) is 30.2. The summed E-state index contributed by atoms with van der Waals surface area (Å²) in [7, 11) is -3.13. The minimum atomic E-state index is -3.13. The first-order valence-corrected chi connectivity index (χ1v) is 15.9. The van der Waals surface area contributed by atoms with E-state index >= 15 is 0 Å². The van der Waals surface area contributed by atoms with Crippen molar-refractivity contribution < 1.29 is 13.6 Å². The van der Waals surface area contributed by atoms with Crippen LogP contribution in [0.2, 0.25) is 0 Å². The minimum Gasteiger partial charge on any atom is -0.308 e. The van der Waals surface area contributed by atoms with E-state index in [1.54, 1.807) is 0 Å². The van der Waals surface area contributed by atoms with Crippen LogP contribution in [0.3, 0.4) is 0 Å². The van der Waals surface area contributed by atoms with Gasteiger partial charge in [-0.2, -0.15) is 0 Å². The van der Waals surface area contributed by atoms with Crippen molar-refractivity contribution in [3.8, 4) is 0 Å². The molecule has 0 bridgehead atoms. The normalized spacial score (nSPS) is 18.2. The summed E-state index contributed by atoms with van der Waals surface area (Å²) in [5.74, 6) is 0. The molecule has 0 atom stereocenters. The van der Waals surface area contributed by atoms with Crippen LogP contribution in [0.15, 0.2) is 0 Å².